The van der Waals surface area contributed by atoms with E-state index in [2.05, 4.69) is 21.2 Å². The van der Waals surface area contributed by atoms with Crippen molar-refractivity contribution in [3.63, 3.8) is 0 Å². The number of carbonyl (C=O) groups excluding carboxylic acids is 1. The molecule has 0 aliphatic carbocycles. The van der Waals surface area contributed by atoms with Gasteiger partial charge in [0.15, 0.2) is 0 Å². The molecule has 16 heavy (non-hydrogen) atoms. The van der Waals surface area contributed by atoms with E-state index in [9.17, 15) is 4.79 Å². The lowest BCUT2D eigenvalue weighted by atomic mass is 10.2. The predicted molar refractivity (Wildman–Crippen MR) is 72.6 cm³/mol. The Morgan fingerprint density at radius 1 is 1.69 bits per heavy atom. The van der Waals surface area contributed by atoms with Crippen molar-refractivity contribution in [2.24, 2.45) is 0 Å². The molecule has 0 saturated carbocycles. The molecule has 1 aromatic heterocycles. The molecule has 1 amide bonds. The molecular formula is C10H14BrClN2OS. The first kappa shape index (κ1) is 14.0. The van der Waals surface area contributed by atoms with Crippen LogP contribution in [0, 0.1) is 0 Å². The summed E-state index contributed by atoms with van der Waals surface area (Å²) in [5.74, 6) is 0.116. The second-order valence-electron chi connectivity index (χ2n) is 3.70. The van der Waals surface area contributed by atoms with Gasteiger partial charge in [0.05, 0.1) is 9.35 Å². The van der Waals surface area contributed by atoms with Gasteiger partial charge < -0.3 is 10.2 Å². The molecule has 3 nitrogen and oxygen atoms in total. The van der Waals surface area contributed by atoms with Crippen molar-refractivity contribution in [3.8, 4) is 0 Å². The fraction of sp³-hybridized carbons (Fsp3) is 0.500. The third-order valence-electron chi connectivity index (χ3n) is 2.72. The molecule has 1 aliphatic rings. The van der Waals surface area contributed by atoms with Gasteiger partial charge in [0, 0.05) is 25.0 Å². The molecule has 1 fully saturated rings. The number of thiophene rings is 1. The van der Waals surface area contributed by atoms with Crippen LogP contribution in [0.15, 0.2) is 15.2 Å². The van der Waals surface area contributed by atoms with Gasteiger partial charge in [-0.3, -0.25) is 4.79 Å². The molecule has 0 radical (unpaired) electrons. The van der Waals surface area contributed by atoms with Crippen LogP contribution in [-0.2, 0) is 0 Å². The van der Waals surface area contributed by atoms with E-state index in [1.54, 1.807) is 11.3 Å². The lowest BCUT2D eigenvalue weighted by Crippen LogP contribution is -2.38. The van der Waals surface area contributed by atoms with Crippen LogP contribution in [0.25, 0.3) is 0 Å². The maximum atomic E-state index is 12.0. The molecule has 1 aromatic rings. The van der Waals surface area contributed by atoms with E-state index in [0.717, 1.165) is 28.9 Å². The minimum atomic E-state index is 0. The number of nitrogens with zero attached hydrogens (tertiary/aromatic N) is 1. The van der Waals surface area contributed by atoms with Crippen LogP contribution in [-0.4, -0.2) is 37.0 Å². The van der Waals surface area contributed by atoms with Crippen molar-refractivity contribution in [3.05, 3.63) is 20.8 Å². The highest BCUT2D eigenvalue weighted by Gasteiger charge is 2.24. The second kappa shape index (κ2) is 6.00. The molecule has 2 rings (SSSR count). The highest BCUT2D eigenvalue weighted by Crippen LogP contribution is 2.22. The molecule has 0 bridgehead atoms. The first-order valence-electron chi connectivity index (χ1n) is 4.90. The topological polar surface area (TPSA) is 32.3 Å². The standard InChI is InChI=1S/C10H13BrN2OS.ClH/c1-13(8-2-3-12-5-8)10(14)7-4-9(11)15-6-7;/h4,6,8,12H,2-3,5H2,1H3;1H. The largest absolute Gasteiger partial charge is 0.337 e. The molecule has 6 heteroatoms. The third kappa shape index (κ3) is 2.97. The number of hydrogen-bond acceptors (Lipinski definition) is 3. The van der Waals surface area contributed by atoms with Crippen molar-refractivity contribution >= 4 is 45.6 Å². The second-order valence-corrected chi connectivity index (χ2v) is 5.99. The predicted octanol–water partition coefficient (Wildman–Crippen LogP) is 2.37. The van der Waals surface area contributed by atoms with E-state index < -0.39 is 0 Å². The van der Waals surface area contributed by atoms with Crippen LogP contribution >= 0.6 is 39.7 Å². The smallest absolute Gasteiger partial charge is 0.254 e. The summed E-state index contributed by atoms with van der Waals surface area (Å²) in [6, 6.07) is 2.22. The number of nitrogens with one attached hydrogen (secondary N) is 1. The summed E-state index contributed by atoms with van der Waals surface area (Å²) in [4.78, 5) is 13.9. The summed E-state index contributed by atoms with van der Waals surface area (Å²) in [6.07, 6.45) is 1.05. The Balaban J connectivity index is 0.00000128. The minimum Gasteiger partial charge on any atom is -0.337 e. The Hall–Kier alpha value is -0.100. The summed E-state index contributed by atoms with van der Waals surface area (Å²) < 4.78 is 1.00. The van der Waals surface area contributed by atoms with E-state index in [0.29, 0.717) is 6.04 Å². The van der Waals surface area contributed by atoms with Crippen LogP contribution in [0.4, 0.5) is 0 Å². The maximum Gasteiger partial charge on any atom is 0.254 e. The lowest BCUT2D eigenvalue weighted by molar-refractivity contribution is 0.0744. The number of rotatable bonds is 2. The lowest BCUT2D eigenvalue weighted by Gasteiger charge is -2.23. The molecule has 1 saturated heterocycles. The number of likely N-dealkylation sites (N-methyl/N-ethyl adjacent to an activating group) is 1. The van der Waals surface area contributed by atoms with Crippen molar-refractivity contribution < 1.29 is 4.79 Å². The van der Waals surface area contributed by atoms with Crippen molar-refractivity contribution in [2.75, 3.05) is 20.1 Å². The van der Waals surface area contributed by atoms with Crippen LogP contribution < -0.4 is 5.32 Å². The number of amides is 1. The van der Waals surface area contributed by atoms with Gasteiger partial charge in [-0.05, 0) is 35.0 Å². The van der Waals surface area contributed by atoms with Crippen LogP contribution in [0.3, 0.4) is 0 Å². The fourth-order valence-electron chi connectivity index (χ4n) is 1.76. The SMILES string of the molecule is CN(C(=O)c1csc(Br)c1)C1CCNC1.Cl. The molecule has 0 aromatic carbocycles. The minimum absolute atomic E-state index is 0. The molecule has 2 heterocycles. The van der Waals surface area contributed by atoms with E-state index in [-0.39, 0.29) is 18.3 Å². The highest BCUT2D eigenvalue weighted by atomic mass is 79.9. The van der Waals surface area contributed by atoms with Crippen molar-refractivity contribution in [1.29, 1.82) is 0 Å². The van der Waals surface area contributed by atoms with Crippen molar-refractivity contribution in [2.45, 2.75) is 12.5 Å². The van der Waals surface area contributed by atoms with Gasteiger partial charge in [-0.2, -0.15) is 0 Å². The molecule has 1 N–H and O–H groups in total. The summed E-state index contributed by atoms with van der Waals surface area (Å²) in [5.41, 5.74) is 0.779. The summed E-state index contributed by atoms with van der Waals surface area (Å²) in [6.45, 7) is 1.92. The average molecular weight is 326 g/mol. The Labute approximate surface area is 114 Å². The first-order chi connectivity index (χ1) is 7.18. The summed E-state index contributed by atoms with van der Waals surface area (Å²) >= 11 is 4.91. The molecule has 1 aliphatic heterocycles. The first-order valence-corrected chi connectivity index (χ1v) is 6.57. The fourth-order valence-corrected chi connectivity index (χ4v) is 2.89. The van der Waals surface area contributed by atoms with E-state index in [1.807, 2.05) is 23.4 Å². The van der Waals surface area contributed by atoms with E-state index >= 15 is 0 Å². The van der Waals surface area contributed by atoms with Gasteiger partial charge in [-0.15, -0.1) is 23.7 Å². The van der Waals surface area contributed by atoms with Gasteiger partial charge in [-0.1, -0.05) is 0 Å². The quantitative estimate of drug-likeness (QED) is 0.905. The van der Waals surface area contributed by atoms with Gasteiger partial charge in [0.25, 0.3) is 5.91 Å². The molecular weight excluding hydrogens is 312 g/mol. The average Bonchev–Trinajstić information content (AvgIpc) is 2.85. The maximum absolute atomic E-state index is 12.0. The zero-order valence-electron chi connectivity index (χ0n) is 8.90. The monoisotopic (exact) mass is 324 g/mol. The van der Waals surface area contributed by atoms with Gasteiger partial charge in [-0.25, -0.2) is 0 Å². The number of halogens is 2. The van der Waals surface area contributed by atoms with Crippen LogP contribution in [0.2, 0.25) is 0 Å². The number of hydrogen-bond donors (Lipinski definition) is 1. The number of carbonyl (C=O) groups is 1. The van der Waals surface area contributed by atoms with Crippen molar-refractivity contribution in [1.82, 2.24) is 10.2 Å². The summed E-state index contributed by atoms with van der Waals surface area (Å²) in [7, 11) is 1.88. The zero-order chi connectivity index (χ0) is 10.8. The van der Waals surface area contributed by atoms with Crippen LogP contribution in [0.1, 0.15) is 16.8 Å². The van der Waals surface area contributed by atoms with Gasteiger partial charge >= 0.3 is 0 Å². The molecule has 1 unspecified atom stereocenters. The Bertz CT molecular complexity index is 365. The normalized spacial score (nSPS) is 19.2. The van der Waals surface area contributed by atoms with Gasteiger partial charge in [0.2, 0.25) is 0 Å². The third-order valence-corrected chi connectivity index (χ3v) is 4.22. The zero-order valence-corrected chi connectivity index (χ0v) is 12.1. The van der Waals surface area contributed by atoms with Gasteiger partial charge in [0.1, 0.15) is 0 Å². The molecule has 90 valence electrons. The van der Waals surface area contributed by atoms with E-state index in [4.69, 9.17) is 0 Å². The summed E-state index contributed by atoms with van der Waals surface area (Å²) in [5, 5.41) is 5.16. The Morgan fingerprint density at radius 3 is 2.94 bits per heavy atom. The molecule has 1 atom stereocenters. The van der Waals surface area contributed by atoms with Crippen LogP contribution in [0.5, 0.6) is 0 Å². The Morgan fingerprint density at radius 2 is 2.44 bits per heavy atom. The van der Waals surface area contributed by atoms with E-state index in [1.165, 1.54) is 0 Å². The Kier molecular flexibility index (Phi) is 5.24. The molecule has 0 spiro atoms. The highest BCUT2D eigenvalue weighted by molar-refractivity contribution is 9.11.